The van der Waals surface area contributed by atoms with Crippen molar-refractivity contribution in [3.63, 3.8) is 0 Å². The molecule has 0 unspecified atom stereocenters. The van der Waals surface area contributed by atoms with E-state index in [0.29, 0.717) is 43.8 Å². The molecular formula is C25H38O7. The first kappa shape index (κ1) is 22.6. The van der Waals surface area contributed by atoms with Crippen LogP contribution in [0.15, 0.2) is 0 Å². The molecule has 1 aliphatic heterocycles. The third-order valence-electron chi connectivity index (χ3n) is 10.2. The van der Waals surface area contributed by atoms with Crippen LogP contribution in [0.25, 0.3) is 0 Å². The quantitative estimate of drug-likeness (QED) is 0.645. The second-order valence-electron chi connectivity index (χ2n) is 11.5. The van der Waals surface area contributed by atoms with Gasteiger partial charge in [-0.25, -0.2) is 0 Å². The summed E-state index contributed by atoms with van der Waals surface area (Å²) in [7, 11) is 0. The van der Waals surface area contributed by atoms with Gasteiger partial charge in [-0.15, -0.1) is 0 Å². The lowest BCUT2D eigenvalue weighted by Gasteiger charge is -2.66. The average Bonchev–Trinajstić information content (AvgIpc) is 3.32. The van der Waals surface area contributed by atoms with Gasteiger partial charge in [0.05, 0.1) is 13.2 Å². The lowest BCUT2D eigenvalue weighted by Crippen LogP contribution is -2.73. The summed E-state index contributed by atoms with van der Waals surface area (Å²) >= 11 is 0. The summed E-state index contributed by atoms with van der Waals surface area (Å²) in [6.45, 7) is 8.30. The van der Waals surface area contributed by atoms with Crippen molar-refractivity contribution in [2.24, 2.45) is 28.6 Å². The standard InChI is InChI=1S/C25H38O7/c1-15(26)31-20-6-5-18-17-7-10-24(28)21(32-16(2)27)25(29-13-14-30-25)12-11-23(24,4)19(17)8-9-22(18,20)3/h17-21,28H,5-14H2,1-4H3/t17-,18-,19-,20-,21+,22+,23-,24+/m1/s1. The molecule has 8 atom stereocenters. The van der Waals surface area contributed by atoms with E-state index in [9.17, 15) is 14.7 Å². The van der Waals surface area contributed by atoms with E-state index in [0.717, 1.165) is 38.5 Å². The predicted molar refractivity (Wildman–Crippen MR) is 114 cm³/mol. The molecule has 5 fully saturated rings. The highest BCUT2D eigenvalue weighted by atomic mass is 16.8. The summed E-state index contributed by atoms with van der Waals surface area (Å²) in [5, 5.41) is 12.3. The van der Waals surface area contributed by atoms with Gasteiger partial charge < -0.3 is 24.1 Å². The first-order valence-electron chi connectivity index (χ1n) is 12.4. The SMILES string of the molecule is CC(=O)O[C@@H]1C2(CC[C@]3(C)[C@@H]4CC[C@@]5(C)[C@H](CC[C@H]5OC(C)=O)[C@H]4CC[C@]13O)OCCO2. The van der Waals surface area contributed by atoms with Crippen molar-refractivity contribution >= 4 is 11.9 Å². The van der Waals surface area contributed by atoms with E-state index in [1.165, 1.54) is 13.8 Å². The minimum atomic E-state index is -1.19. The fraction of sp³-hybridized carbons (Fsp3) is 0.920. The molecule has 7 heteroatoms. The molecule has 1 spiro atoms. The van der Waals surface area contributed by atoms with Crippen molar-refractivity contribution in [1.82, 2.24) is 0 Å². The molecule has 0 bridgehead atoms. The molecule has 32 heavy (non-hydrogen) atoms. The van der Waals surface area contributed by atoms with E-state index >= 15 is 0 Å². The van der Waals surface area contributed by atoms with Crippen molar-refractivity contribution in [2.75, 3.05) is 13.2 Å². The van der Waals surface area contributed by atoms with Gasteiger partial charge in [0.1, 0.15) is 11.7 Å². The molecule has 1 saturated heterocycles. The monoisotopic (exact) mass is 450 g/mol. The Labute approximate surface area is 190 Å². The summed E-state index contributed by atoms with van der Waals surface area (Å²) in [5.41, 5.74) is -1.58. The molecule has 4 aliphatic carbocycles. The number of hydrogen-bond acceptors (Lipinski definition) is 7. The molecule has 7 nitrogen and oxygen atoms in total. The van der Waals surface area contributed by atoms with Crippen LogP contribution in [0.3, 0.4) is 0 Å². The lowest BCUT2D eigenvalue weighted by molar-refractivity contribution is -0.342. The summed E-state index contributed by atoms with van der Waals surface area (Å²) in [5.74, 6) is -0.367. The summed E-state index contributed by atoms with van der Waals surface area (Å²) < 4.78 is 23.6. The van der Waals surface area contributed by atoms with Gasteiger partial charge in [-0.2, -0.15) is 0 Å². The number of rotatable bonds is 2. The van der Waals surface area contributed by atoms with Crippen LogP contribution in [-0.2, 0) is 28.5 Å². The molecule has 0 radical (unpaired) electrons. The Morgan fingerprint density at radius 1 is 0.844 bits per heavy atom. The maximum atomic E-state index is 12.3. The number of hydrogen-bond donors (Lipinski definition) is 1. The van der Waals surface area contributed by atoms with Crippen LogP contribution < -0.4 is 0 Å². The van der Waals surface area contributed by atoms with Gasteiger partial charge in [-0.1, -0.05) is 13.8 Å². The van der Waals surface area contributed by atoms with Gasteiger partial charge in [-0.3, -0.25) is 9.59 Å². The highest BCUT2D eigenvalue weighted by Crippen LogP contribution is 2.69. The Morgan fingerprint density at radius 3 is 2.19 bits per heavy atom. The predicted octanol–water partition coefficient (Wildman–Crippen LogP) is 3.36. The van der Waals surface area contributed by atoms with E-state index in [-0.39, 0.29) is 17.5 Å². The third kappa shape index (κ3) is 2.96. The molecule has 1 heterocycles. The number of aliphatic hydroxyl groups is 1. The molecule has 0 aromatic carbocycles. The van der Waals surface area contributed by atoms with Gasteiger partial charge in [0.2, 0.25) is 5.79 Å². The maximum absolute atomic E-state index is 12.3. The first-order chi connectivity index (χ1) is 15.1. The molecule has 0 amide bonds. The summed E-state index contributed by atoms with van der Waals surface area (Å²) in [4.78, 5) is 23.8. The molecule has 1 N–H and O–H groups in total. The van der Waals surface area contributed by atoms with Crippen LogP contribution in [0, 0.1) is 28.6 Å². The van der Waals surface area contributed by atoms with Crippen LogP contribution in [0.5, 0.6) is 0 Å². The van der Waals surface area contributed by atoms with Crippen LogP contribution in [0.2, 0.25) is 0 Å². The average molecular weight is 451 g/mol. The van der Waals surface area contributed by atoms with Crippen LogP contribution in [0.4, 0.5) is 0 Å². The first-order valence-corrected chi connectivity index (χ1v) is 12.4. The second kappa shape index (κ2) is 7.41. The zero-order valence-corrected chi connectivity index (χ0v) is 19.9. The smallest absolute Gasteiger partial charge is 0.303 e. The van der Waals surface area contributed by atoms with Crippen LogP contribution in [0.1, 0.15) is 79.1 Å². The summed E-state index contributed by atoms with van der Waals surface area (Å²) in [6.07, 6.45) is 5.95. The van der Waals surface area contributed by atoms with Crippen molar-refractivity contribution in [2.45, 2.75) is 103 Å². The minimum Gasteiger partial charge on any atom is -0.462 e. The summed E-state index contributed by atoms with van der Waals surface area (Å²) in [6, 6.07) is 0. The highest BCUT2D eigenvalue weighted by molar-refractivity contribution is 5.66. The number of carbonyl (C=O) groups is 2. The molecule has 180 valence electrons. The number of carbonyl (C=O) groups excluding carboxylic acids is 2. The highest BCUT2D eigenvalue weighted by Gasteiger charge is 2.72. The third-order valence-corrected chi connectivity index (χ3v) is 10.2. The Bertz CT molecular complexity index is 791. The van der Waals surface area contributed by atoms with Crippen LogP contribution in [-0.4, -0.2) is 53.9 Å². The largest absolute Gasteiger partial charge is 0.462 e. The zero-order valence-electron chi connectivity index (χ0n) is 19.9. The van der Waals surface area contributed by atoms with E-state index in [4.69, 9.17) is 18.9 Å². The second-order valence-corrected chi connectivity index (χ2v) is 11.5. The Hall–Kier alpha value is -1.18. The Balaban J connectivity index is 1.47. The number of fused-ring (bicyclic) bond motifs is 5. The van der Waals surface area contributed by atoms with Crippen molar-refractivity contribution < 1.29 is 33.6 Å². The molecule has 4 saturated carbocycles. The molecule has 5 aliphatic rings. The molecular weight excluding hydrogens is 412 g/mol. The minimum absolute atomic E-state index is 0.00149. The normalized spacial score (nSPS) is 49.1. The van der Waals surface area contributed by atoms with E-state index in [2.05, 4.69) is 13.8 Å². The zero-order chi connectivity index (χ0) is 22.9. The lowest BCUT2D eigenvalue weighted by atomic mass is 9.42. The van der Waals surface area contributed by atoms with Crippen molar-refractivity contribution in [1.29, 1.82) is 0 Å². The molecule has 0 aromatic heterocycles. The van der Waals surface area contributed by atoms with E-state index < -0.39 is 28.9 Å². The van der Waals surface area contributed by atoms with Crippen LogP contribution >= 0.6 is 0 Å². The van der Waals surface area contributed by atoms with Gasteiger partial charge in [0.25, 0.3) is 0 Å². The topological polar surface area (TPSA) is 91.3 Å². The van der Waals surface area contributed by atoms with E-state index in [1.54, 1.807) is 0 Å². The van der Waals surface area contributed by atoms with E-state index in [1.807, 2.05) is 0 Å². The van der Waals surface area contributed by atoms with Gasteiger partial charge >= 0.3 is 11.9 Å². The maximum Gasteiger partial charge on any atom is 0.303 e. The fourth-order valence-electron chi connectivity index (χ4n) is 8.70. The number of esters is 2. The van der Waals surface area contributed by atoms with Gasteiger partial charge in [0.15, 0.2) is 6.10 Å². The van der Waals surface area contributed by atoms with Gasteiger partial charge in [-0.05, 0) is 62.7 Å². The molecule has 0 aromatic rings. The Morgan fingerprint density at radius 2 is 1.53 bits per heavy atom. The van der Waals surface area contributed by atoms with Gasteiger partial charge in [0, 0.05) is 31.1 Å². The van der Waals surface area contributed by atoms with Crippen molar-refractivity contribution in [3.8, 4) is 0 Å². The fourth-order valence-corrected chi connectivity index (χ4v) is 8.70. The molecule has 5 rings (SSSR count). The number of ether oxygens (including phenoxy) is 4. The Kier molecular flexibility index (Phi) is 5.23. The van der Waals surface area contributed by atoms with Crippen molar-refractivity contribution in [3.05, 3.63) is 0 Å².